The molecule has 0 fully saturated rings. The third-order valence-electron chi connectivity index (χ3n) is 1.37. The van der Waals surface area contributed by atoms with E-state index in [1.54, 1.807) is 0 Å². The molecule has 0 aromatic heterocycles. The zero-order valence-corrected chi connectivity index (χ0v) is 7.74. The summed E-state index contributed by atoms with van der Waals surface area (Å²) in [6.45, 7) is 1.42. The Morgan fingerprint density at radius 3 is 2.43 bits per heavy atom. The van der Waals surface area contributed by atoms with Crippen molar-refractivity contribution in [2.75, 3.05) is 6.54 Å². The van der Waals surface area contributed by atoms with Gasteiger partial charge in [0.25, 0.3) is 0 Å². The molecule has 0 rings (SSSR count). The van der Waals surface area contributed by atoms with Gasteiger partial charge in [-0.15, -0.1) is 0 Å². The van der Waals surface area contributed by atoms with Gasteiger partial charge in [0.1, 0.15) is 6.04 Å². The summed E-state index contributed by atoms with van der Waals surface area (Å²) in [5.41, 5.74) is 4.82. The number of urea groups is 1. The number of amides is 3. The Balaban J connectivity index is 3.65. The van der Waals surface area contributed by atoms with Gasteiger partial charge in [0.2, 0.25) is 5.91 Å². The summed E-state index contributed by atoms with van der Waals surface area (Å²) in [6, 6.07) is -1.61. The SMILES string of the molecule is C[C@@H](NC(=O)NCCC(N)=O)C(=O)O. The van der Waals surface area contributed by atoms with E-state index in [1.165, 1.54) is 6.92 Å². The van der Waals surface area contributed by atoms with Crippen LogP contribution in [0.25, 0.3) is 0 Å². The van der Waals surface area contributed by atoms with E-state index in [9.17, 15) is 14.4 Å². The van der Waals surface area contributed by atoms with Crippen molar-refractivity contribution < 1.29 is 19.5 Å². The number of primary amides is 1. The van der Waals surface area contributed by atoms with Crippen molar-refractivity contribution in [3.05, 3.63) is 0 Å². The number of aliphatic carboxylic acids is 1. The minimum Gasteiger partial charge on any atom is -0.480 e. The lowest BCUT2D eigenvalue weighted by molar-refractivity contribution is -0.138. The van der Waals surface area contributed by atoms with Crippen LogP contribution in [0.15, 0.2) is 0 Å². The van der Waals surface area contributed by atoms with Crippen molar-refractivity contribution in [1.29, 1.82) is 0 Å². The molecule has 7 heteroatoms. The van der Waals surface area contributed by atoms with E-state index >= 15 is 0 Å². The first-order valence-electron chi connectivity index (χ1n) is 3.99. The zero-order chi connectivity index (χ0) is 11.1. The summed E-state index contributed by atoms with van der Waals surface area (Å²) in [4.78, 5) is 31.5. The van der Waals surface area contributed by atoms with E-state index < -0.39 is 23.9 Å². The second-order valence-corrected chi connectivity index (χ2v) is 2.68. The molecule has 0 aliphatic carbocycles. The van der Waals surface area contributed by atoms with Crippen LogP contribution in [0.1, 0.15) is 13.3 Å². The smallest absolute Gasteiger partial charge is 0.325 e. The van der Waals surface area contributed by atoms with Crippen molar-refractivity contribution in [1.82, 2.24) is 10.6 Å². The average molecular weight is 203 g/mol. The molecule has 0 unspecified atom stereocenters. The second-order valence-electron chi connectivity index (χ2n) is 2.68. The molecule has 0 saturated heterocycles. The van der Waals surface area contributed by atoms with Crippen LogP contribution >= 0.6 is 0 Å². The Morgan fingerprint density at radius 2 is 2.00 bits per heavy atom. The molecule has 1 atom stereocenters. The van der Waals surface area contributed by atoms with Gasteiger partial charge in [0.15, 0.2) is 0 Å². The topological polar surface area (TPSA) is 122 Å². The van der Waals surface area contributed by atoms with Crippen molar-refractivity contribution in [2.45, 2.75) is 19.4 Å². The molecule has 0 aromatic carbocycles. The Morgan fingerprint density at radius 1 is 1.43 bits per heavy atom. The summed E-state index contributed by atoms with van der Waals surface area (Å²) in [6.07, 6.45) is 0.0227. The maximum Gasteiger partial charge on any atom is 0.325 e. The van der Waals surface area contributed by atoms with E-state index in [2.05, 4.69) is 10.6 Å². The molecule has 0 aliphatic rings. The Hall–Kier alpha value is -1.79. The Bertz CT molecular complexity index is 241. The van der Waals surface area contributed by atoms with Crippen LogP contribution in [0.3, 0.4) is 0 Å². The number of nitrogens with one attached hydrogen (secondary N) is 2. The Labute approximate surface area is 80.6 Å². The number of carboxylic acid groups (broad SMARTS) is 1. The number of carboxylic acids is 1. The molecule has 7 nitrogen and oxygen atoms in total. The maximum absolute atomic E-state index is 10.9. The number of carbonyl (C=O) groups excluding carboxylic acids is 2. The summed E-state index contributed by atoms with van der Waals surface area (Å²) < 4.78 is 0. The third kappa shape index (κ3) is 5.81. The number of carbonyl (C=O) groups is 3. The largest absolute Gasteiger partial charge is 0.480 e. The fraction of sp³-hybridized carbons (Fsp3) is 0.571. The van der Waals surface area contributed by atoms with Crippen molar-refractivity contribution in [3.63, 3.8) is 0 Å². The van der Waals surface area contributed by atoms with E-state index in [0.717, 1.165) is 0 Å². The highest BCUT2D eigenvalue weighted by molar-refractivity contribution is 5.82. The van der Waals surface area contributed by atoms with Crippen LogP contribution in [0, 0.1) is 0 Å². The predicted molar refractivity (Wildman–Crippen MR) is 47.4 cm³/mol. The van der Waals surface area contributed by atoms with E-state index in [1.807, 2.05) is 0 Å². The first-order valence-corrected chi connectivity index (χ1v) is 3.99. The highest BCUT2D eigenvalue weighted by Crippen LogP contribution is 1.81. The minimum absolute atomic E-state index is 0.0227. The van der Waals surface area contributed by atoms with Crippen LogP contribution in [-0.2, 0) is 9.59 Å². The highest BCUT2D eigenvalue weighted by atomic mass is 16.4. The quantitative estimate of drug-likeness (QED) is 0.440. The summed E-state index contributed by atoms with van der Waals surface area (Å²) in [7, 11) is 0. The minimum atomic E-state index is -1.13. The third-order valence-corrected chi connectivity index (χ3v) is 1.37. The molecular formula is C7H13N3O4. The summed E-state index contributed by atoms with van der Waals surface area (Å²) in [5, 5.41) is 12.9. The van der Waals surface area contributed by atoms with Gasteiger partial charge in [-0.1, -0.05) is 0 Å². The van der Waals surface area contributed by atoms with E-state index in [4.69, 9.17) is 10.8 Å². The van der Waals surface area contributed by atoms with Gasteiger partial charge in [-0.2, -0.15) is 0 Å². The second kappa shape index (κ2) is 5.79. The van der Waals surface area contributed by atoms with Crippen LogP contribution in [0.4, 0.5) is 4.79 Å². The maximum atomic E-state index is 10.9. The first-order chi connectivity index (χ1) is 6.43. The van der Waals surface area contributed by atoms with Gasteiger partial charge in [-0.05, 0) is 6.92 Å². The van der Waals surface area contributed by atoms with Gasteiger partial charge < -0.3 is 21.5 Å². The monoisotopic (exact) mass is 203 g/mol. The van der Waals surface area contributed by atoms with Crippen molar-refractivity contribution in [2.24, 2.45) is 5.73 Å². The molecule has 0 saturated carbocycles. The lowest BCUT2D eigenvalue weighted by Crippen LogP contribution is -2.45. The van der Waals surface area contributed by atoms with Gasteiger partial charge in [-0.3, -0.25) is 9.59 Å². The van der Waals surface area contributed by atoms with Crippen LogP contribution in [0.2, 0.25) is 0 Å². The molecule has 0 bridgehead atoms. The summed E-state index contributed by atoms with van der Waals surface area (Å²) >= 11 is 0. The number of rotatable bonds is 5. The highest BCUT2D eigenvalue weighted by Gasteiger charge is 2.12. The lowest BCUT2D eigenvalue weighted by Gasteiger charge is -2.09. The first kappa shape index (κ1) is 12.2. The molecule has 80 valence electrons. The number of hydrogen-bond acceptors (Lipinski definition) is 3. The van der Waals surface area contributed by atoms with Crippen LogP contribution in [0.5, 0.6) is 0 Å². The van der Waals surface area contributed by atoms with Gasteiger partial charge in [-0.25, -0.2) is 4.79 Å². The van der Waals surface area contributed by atoms with Gasteiger partial charge >= 0.3 is 12.0 Å². The fourth-order valence-electron chi connectivity index (χ4n) is 0.609. The van der Waals surface area contributed by atoms with Crippen LogP contribution < -0.4 is 16.4 Å². The molecular weight excluding hydrogens is 190 g/mol. The lowest BCUT2D eigenvalue weighted by atomic mass is 10.3. The van der Waals surface area contributed by atoms with Gasteiger partial charge in [0.05, 0.1) is 0 Å². The molecule has 3 amide bonds. The molecule has 0 aromatic rings. The molecule has 5 N–H and O–H groups in total. The average Bonchev–Trinajstić information content (AvgIpc) is 2.02. The molecule has 0 radical (unpaired) electrons. The standard InChI is InChI=1S/C7H13N3O4/c1-4(6(12)13)10-7(14)9-3-2-5(8)11/h4H,2-3H2,1H3,(H2,8,11)(H,12,13)(H2,9,10,14)/t4-/m1/s1. The van der Waals surface area contributed by atoms with E-state index in [0.29, 0.717) is 0 Å². The molecule has 0 heterocycles. The molecule has 0 aliphatic heterocycles. The predicted octanol–water partition coefficient (Wildman–Crippen LogP) is -1.37. The number of hydrogen-bond donors (Lipinski definition) is 4. The zero-order valence-electron chi connectivity index (χ0n) is 7.74. The van der Waals surface area contributed by atoms with E-state index in [-0.39, 0.29) is 13.0 Å². The summed E-state index contributed by atoms with van der Waals surface area (Å²) in [5.74, 6) is -1.66. The van der Waals surface area contributed by atoms with Crippen molar-refractivity contribution in [3.8, 4) is 0 Å². The molecule has 0 spiro atoms. The Kier molecular flexibility index (Phi) is 5.05. The molecule has 14 heavy (non-hydrogen) atoms. The fourth-order valence-corrected chi connectivity index (χ4v) is 0.609. The van der Waals surface area contributed by atoms with Crippen LogP contribution in [-0.4, -0.2) is 35.6 Å². The van der Waals surface area contributed by atoms with Crippen molar-refractivity contribution >= 4 is 17.9 Å². The van der Waals surface area contributed by atoms with Gasteiger partial charge in [0, 0.05) is 13.0 Å². The normalized spacial score (nSPS) is 11.5. The number of nitrogens with two attached hydrogens (primary N) is 1.